The van der Waals surface area contributed by atoms with Gasteiger partial charge in [0.05, 0.1) is 13.5 Å². The summed E-state index contributed by atoms with van der Waals surface area (Å²) in [5, 5.41) is 0. The van der Waals surface area contributed by atoms with Crippen molar-refractivity contribution in [3.05, 3.63) is 0 Å². The van der Waals surface area contributed by atoms with Crippen LogP contribution in [0.3, 0.4) is 0 Å². The van der Waals surface area contributed by atoms with Crippen molar-refractivity contribution >= 4 is 11.9 Å². The van der Waals surface area contributed by atoms with Crippen LogP contribution < -0.4 is 0 Å². The molecule has 21 heavy (non-hydrogen) atoms. The largest absolute Gasteiger partial charge is 0.469 e. The summed E-state index contributed by atoms with van der Waals surface area (Å²) < 4.78 is 4.65. The molecule has 0 aromatic rings. The van der Waals surface area contributed by atoms with Crippen molar-refractivity contribution in [2.45, 2.75) is 52.9 Å². The number of ether oxygens (including phenoxy) is 1. The molecule has 0 aliphatic carbocycles. The van der Waals surface area contributed by atoms with Gasteiger partial charge in [0.2, 0.25) is 5.91 Å². The highest BCUT2D eigenvalue weighted by molar-refractivity contribution is 5.77. The van der Waals surface area contributed by atoms with Crippen LogP contribution in [0, 0.1) is 0 Å². The van der Waals surface area contributed by atoms with E-state index in [0.29, 0.717) is 13.0 Å². The summed E-state index contributed by atoms with van der Waals surface area (Å²) in [5.41, 5.74) is 0. The summed E-state index contributed by atoms with van der Waals surface area (Å²) in [7, 11) is 1.38. The van der Waals surface area contributed by atoms with E-state index < -0.39 is 0 Å². The summed E-state index contributed by atoms with van der Waals surface area (Å²) in [6.07, 6.45) is 3.71. The third kappa shape index (κ3) is 9.45. The normalized spacial score (nSPS) is 10.7. The lowest BCUT2D eigenvalue weighted by Gasteiger charge is -2.24. The number of rotatable bonds is 12. The maximum Gasteiger partial charge on any atom is 0.307 e. The minimum atomic E-state index is -0.257. The van der Waals surface area contributed by atoms with Crippen LogP contribution in [-0.2, 0) is 14.3 Å². The van der Waals surface area contributed by atoms with E-state index in [1.54, 1.807) is 0 Å². The lowest BCUT2D eigenvalue weighted by atomic mass is 10.2. The summed E-state index contributed by atoms with van der Waals surface area (Å²) in [6, 6.07) is 0. The van der Waals surface area contributed by atoms with Crippen molar-refractivity contribution in [2.24, 2.45) is 0 Å². The zero-order chi connectivity index (χ0) is 16.1. The Kier molecular flexibility index (Phi) is 12.0. The van der Waals surface area contributed by atoms with Crippen LogP contribution in [-0.4, -0.2) is 61.5 Å². The topological polar surface area (TPSA) is 49.9 Å². The number of methoxy groups -OCH3 is 1. The smallest absolute Gasteiger partial charge is 0.307 e. The number of nitrogens with zero attached hydrogens (tertiary/aromatic N) is 2. The first kappa shape index (κ1) is 19.9. The van der Waals surface area contributed by atoms with Crippen LogP contribution in [0.15, 0.2) is 0 Å². The Hall–Kier alpha value is -1.10. The van der Waals surface area contributed by atoms with E-state index in [-0.39, 0.29) is 18.3 Å². The van der Waals surface area contributed by atoms with E-state index >= 15 is 0 Å². The number of hydrogen-bond acceptors (Lipinski definition) is 4. The Morgan fingerprint density at radius 1 is 0.905 bits per heavy atom. The molecular formula is C16H32N2O3. The Morgan fingerprint density at radius 2 is 1.57 bits per heavy atom. The van der Waals surface area contributed by atoms with Crippen LogP contribution in [0.25, 0.3) is 0 Å². The molecule has 0 heterocycles. The zero-order valence-electron chi connectivity index (χ0n) is 14.2. The first-order valence-corrected chi connectivity index (χ1v) is 8.15. The van der Waals surface area contributed by atoms with E-state index in [1.807, 2.05) is 4.90 Å². The SMILES string of the molecule is CCCCC(=O)N(CCCN(CC)CC)CCC(=O)OC. The van der Waals surface area contributed by atoms with Crippen molar-refractivity contribution in [3.8, 4) is 0 Å². The Balaban J connectivity index is 4.29. The lowest BCUT2D eigenvalue weighted by molar-refractivity contribution is -0.141. The standard InChI is InChI=1S/C16H32N2O3/c1-5-8-10-15(19)18(14-11-16(20)21-4)13-9-12-17(6-2)7-3/h5-14H2,1-4H3. The molecule has 0 N–H and O–H groups in total. The predicted molar refractivity (Wildman–Crippen MR) is 85.1 cm³/mol. The molecule has 0 radical (unpaired) electrons. The molecule has 0 rings (SSSR count). The average Bonchev–Trinajstić information content (AvgIpc) is 2.51. The van der Waals surface area contributed by atoms with Gasteiger partial charge in [0.25, 0.3) is 0 Å². The second-order valence-electron chi connectivity index (χ2n) is 5.19. The van der Waals surface area contributed by atoms with Crippen molar-refractivity contribution < 1.29 is 14.3 Å². The molecule has 0 saturated carbocycles. The zero-order valence-corrected chi connectivity index (χ0v) is 14.2. The van der Waals surface area contributed by atoms with E-state index in [1.165, 1.54) is 7.11 Å². The molecular weight excluding hydrogens is 268 g/mol. The Morgan fingerprint density at radius 3 is 2.10 bits per heavy atom. The van der Waals surface area contributed by atoms with Crippen molar-refractivity contribution in [2.75, 3.05) is 39.8 Å². The van der Waals surface area contributed by atoms with E-state index in [0.717, 1.165) is 45.4 Å². The number of unbranched alkanes of at least 4 members (excludes halogenated alkanes) is 1. The number of carbonyl (C=O) groups is 2. The molecule has 0 fully saturated rings. The van der Waals surface area contributed by atoms with Gasteiger partial charge in [-0.05, 0) is 32.5 Å². The molecule has 0 spiro atoms. The minimum absolute atomic E-state index is 0.153. The maximum atomic E-state index is 12.2. The highest BCUT2D eigenvalue weighted by Crippen LogP contribution is 2.04. The Bertz CT molecular complexity index is 291. The van der Waals surface area contributed by atoms with Gasteiger partial charge in [-0.1, -0.05) is 27.2 Å². The summed E-state index contributed by atoms with van der Waals surface area (Å²) >= 11 is 0. The van der Waals surface area contributed by atoms with E-state index in [9.17, 15) is 9.59 Å². The maximum absolute atomic E-state index is 12.2. The summed E-state index contributed by atoms with van der Waals surface area (Å²) in [4.78, 5) is 27.6. The Labute approximate surface area is 129 Å². The van der Waals surface area contributed by atoms with Gasteiger partial charge in [0, 0.05) is 19.5 Å². The molecule has 0 aromatic heterocycles. The van der Waals surface area contributed by atoms with Gasteiger partial charge >= 0.3 is 5.97 Å². The van der Waals surface area contributed by atoms with Crippen molar-refractivity contribution in [1.82, 2.24) is 9.80 Å². The molecule has 5 nitrogen and oxygen atoms in total. The highest BCUT2D eigenvalue weighted by atomic mass is 16.5. The second-order valence-corrected chi connectivity index (χ2v) is 5.19. The molecule has 1 amide bonds. The van der Waals surface area contributed by atoms with Gasteiger partial charge in [0.15, 0.2) is 0 Å². The quantitative estimate of drug-likeness (QED) is 0.519. The molecule has 0 unspecified atom stereocenters. The third-order valence-corrected chi connectivity index (χ3v) is 3.71. The number of esters is 1. The first-order valence-electron chi connectivity index (χ1n) is 8.15. The molecule has 0 atom stereocenters. The molecule has 0 aromatic carbocycles. The van der Waals surface area contributed by atoms with Gasteiger partial charge in [-0.15, -0.1) is 0 Å². The number of hydrogen-bond donors (Lipinski definition) is 0. The van der Waals surface area contributed by atoms with Gasteiger partial charge in [-0.3, -0.25) is 9.59 Å². The summed E-state index contributed by atoms with van der Waals surface area (Å²) in [5.74, 6) is -0.104. The van der Waals surface area contributed by atoms with Crippen LogP contribution in [0.5, 0.6) is 0 Å². The van der Waals surface area contributed by atoms with Crippen LogP contribution in [0.1, 0.15) is 52.9 Å². The van der Waals surface area contributed by atoms with Gasteiger partial charge in [0.1, 0.15) is 0 Å². The third-order valence-electron chi connectivity index (χ3n) is 3.71. The van der Waals surface area contributed by atoms with Gasteiger partial charge in [-0.2, -0.15) is 0 Å². The highest BCUT2D eigenvalue weighted by Gasteiger charge is 2.14. The molecule has 0 bridgehead atoms. The predicted octanol–water partition coefficient (Wildman–Crippen LogP) is 2.30. The van der Waals surface area contributed by atoms with Crippen molar-refractivity contribution in [3.63, 3.8) is 0 Å². The van der Waals surface area contributed by atoms with Crippen LogP contribution in [0.2, 0.25) is 0 Å². The molecule has 124 valence electrons. The fraction of sp³-hybridized carbons (Fsp3) is 0.875. The molecule has 0 aliphatic rings. The van der Waals surface area contributed by atoms with E-state index in [2.05, 4.69) is 30.4 Å². The van der Waals surface area contributed by atoms with Gasteiger partial charge in [-0.25, -0.2) is 0 Å². The second kappa shape index (κ2) is 12.6. The lowest BCUT2D eigenvalue weighted by Crippen LogP contribution is -2.36. The van der Waals surface area contributed by atoms with Crippen LogP contribution in [0.4, 0.5) is 0 Å². The number of amides is 1. The summed E-state index contributed by atoms with van der Waals surface area (Å²) in [6.45, 7) is 10.6. The fourth-order valence-corrected chi connectivity index (χ4v) is 2.20. The number of carbonyl (C=O) groups excluding carboxylic acids is 2. The fourth-order valence-electron chi connectivity index (χ4n) is 2.20. The van der Waals surface area contributed by atoms with Crippen molar-refractivity contribution in [1.29, 1.82) is 0 Å². The first-order chi connectivity index (χ1) is 10.1. The minimum Gasteiger partial charge on any atom is -0.469 e. The molecule has 5 heteroatoms. The molecule has 0 aliphatic heterocycles. The van der Waals surface area contributed by atoms with Crippen LogP contribution >= 0.6 is 0 Å². The molecule has 0 saturated heterocycles. The monoisotopic (exact) mass is 300 g/mol. The average molecular weight is 300 g/mol. The van der Waals surface area contributed by atoms with Gasteiger partial charge < -0.3 is 14.5 Å². The van der Waals surface area contributed by atoms with E-state index in [4.69, 9.17) is 0 Å².